The maximum atomic E-state index is 2.50. The first-order valence-electron chi connectivity index (χ1n) is 14.3. The number of fused-ring (bicyclic) bond motifs is 6. The van der Waals surface area contributed by atoms with Gasteiger partial charge in [-0.2, -0.15) is 0 Å². The summed E-state index contributed by atoms with van der Waals surface area (Å²) >= 11 is 0. The van der Waals surface area contributed by atoms with E-state index in [-0.39, 0.29) is 0 Å². The van der Waals surface area contributed by atoms with Gasteiger partial charge in [-0.1, -0.05) is 111 Å². The highest BCUT2D eigenvalue weighted by molar-refractivity contribution is 6.16. The van der Waals surface area contributed by atoms with E-state index in [0.29, 0.717) is 0 Å². The second-order valence-corrected chi connectivity index (χ2v) is 11.1. The van der Waals surface area contributed by atoms with Crippen molar-refractivity contribution in [2.75, 3.05) is 0 Å². The average molecular weight is 499 g/mol. The van der Waals surface area contributed by atoms with Gasteiger partial charge < -0.3 is 0 Å². The standard InChI is InChI=1S/C39H30/c1-3-24-11-15-26(16-12-24)30-19-20-31(27-17-13-25(4-2)14-18-27)39-34-23-36-33-10-6-8-28-7-5-9-32(38(28)33)35(36)21-29(34)22-37(30)39/h5-21,23H,3-4,22H2,1-2H3. The van der Waals surface area contributed by atoms with Crippen LogP contribution in [0.5, 0.6) is 0 Å². The Labute approximate surface area is 230 Å². The van der Waals surface area contributed by atoms with Gasteiger partial charge in [0, 0.05) is 0 Å². The zero-order valence-corrected chi connectivity index (χ0v) is 22.5. The third-order valence-corrected chi connectivity index (χ3v) is 9.02. The molecule has 0 fully saturated rings. The molecular weight excluding hydrogens is 468 g/mol. The van der Waals surface area contributed by atoms with E-state index in [0.717, 1.165) is 19.3 Å². The van der Waals surface area contributed by atoms with Crippen molar-refractivity contribution in [2.24, 2.45) is 0 Å². The summed E-state index contributed by atoms with van der Waals surface area (Å²) in [5.74, 6) is 0. The maximum absolute atomic E-state index is 2.50. The smallest absolute Gasteiger partial charge is 0.000683 e. The SMILES string of the molecule is CCc1ccc(-c2ccc(-c3ccc(CC)cc3)c3c2Cc2cc4c(cc2-3)-c2cccc3cccc-4c23)cc1. The Kier molecular flexibility index (Phi) is 4.94. The van der Waals surface area contributed by atoms with Crippen LogP contribution in [0.3, 0.4) is 0 Å². The third-order valence-electron chi connectivity index (χ3n) is 9.02. The van der Waals surface area contributed by atoms with E-state index in [9.17, 15) is 0 Å². The molecular formula is C39H30. The molecule has 0 saturated carbocycles. The lowest BCUT2D eigenvalue weighted by Crippen LogP contribution is -1.92. The van der Waals surface area contributed by atoms with Crippen LogP contribution in [0.2, 0.25) is 0 Å². The second-order valence-electron chi connectivity index (χ2n) is 11.1. The van der Waals surface area contributed by atoms with Gasteiger partial charge in [-0.3, -0.25) is 0 Å². The Hall–Kier alpha value is -4.42. The van der Waals surface area contributed by atoms with E-state index < -0.39 is 0 Å². The molecule has 2 aliphatic rings. The lowest BCUT2D eigenvalue weighted by atomic mass is 9.88. The zero-order valence-electron chi connectivity index (χ0n) is 22.5. The number of aryl methyl sites for hydroxylation is 2. The Bertz CT molecular complexity index is 1910. The summed E-state index contributed by atoms with van der Waals surface area (Å²) in [6.45, 7) is 4.44. The minimum absolute atomic E-state index is 0.968. The van der Waals surface area contributed by atoms with Gasteiger partial charge in [0.25, 0.3) is 0 Å². The van der Waals surface area contributed by atoms with Gasteiger partial charge in [0.05, 0.1) is 0 Å². The Morgan fingerprint density at radius 2 is 1.05 bits per heavy atom. The van der Waals surface area contributed by atoms with Crippen LogP contribution in [0.4, 0.5) is 0 Å². The van der Waals surface area contributed by atoms with Crippen molar-refractivity contribution in [1.82, 2.24) is 0 Å². The fourth-order valence-corrected chi connectivity index (χ4v) is 6.94. The highest BCUT2D eigenvalue weighted by Crippen LogP contribution is 2.53. The van der Waals surface area contributed by atoms with Gasteiger partial charge in [-0.05, 0) is 120 Å². The van der Waals surface area contributed by atoms with E-state index in [1.807, 2.05) is 0 Å². The second kappa shape index (κ2) is 8.55. The van der Waals surface area contributed by atoms with Crippen molar-refractivity contribution < 1.29 is 0 Å². The van der Waals surface area contributed by atoms with Crippen LogP contribution in [0.1, 0.15) is 36.1 Å². The first kappa shape index (κ1) is 22.6. The molecule has 0 N–H and O–H groups in total. The van der Waals surface area contributed by atoms with Crippen LogP contribution in [0.25, 0.3) is 66.4 Å². The van der Waals surface area contributed by atoms with E-state index >= 15 is 0 Å². The molecule has 0 aromatic heterocycles. The molecule has 6 aromatic rings. The molecule has 0 heterocycles. The lowest BCUT2D eigenvalue weighted by Gasteiger charge is -2.16. The number of hydrogen-bond acceptors (Lipinski definition) is 0. The molecule has 2 aliphatic carbocycles. The summed E-state index contributed by atoms with van der Waals surface area (Å²) in [7, 11) is 0. The van der Waals surface area contributed by atoms with Crippen LogP contribution in [-0.4, -0.2) is 0 Å². The largest absolute Gasteiger partial charge is 0.0613 e. The number of benzene rings is 6. The molecule has 0 nitrogen and oxygen atoms in total. The third kappa shape index (κ3) is 3.31. The minimum Gasteiger partial charge on any atom is -0.0613 e. The molecule has 0 unspecified atom stereocenters. The van der Waals surface area contributed by atoms with Crippen molar-refractivity contribution in [1.29, 1.82) is 0 Å². The molecule has 0 heteroatoms. The molecule has 0 amide bonds. The molecule has 39 heavy (non-hydrogen) atoms. The fraction of sp³-hybridized carbons (Fsp3) is 0.128. The van der Waals surface area contributed by atoms with Crippen molar-refractivity contribution in [3.05, 3.63) is 131 Å². The monoisotopic (exact) mass is 498 g/mol. The van der Waals surface area contributed by atoms with E-state index in [1.165, 1.54) is 88.7 Å². The highest BCUT2D eigenvalue weighted by Gasteiger charge is 2.30. The predicted molar refractivity (Wildman–Crippen MR) is 166 cm³/mol. The maximum Gasteiger partial charge on any atom is -0.000683 e. The lowest BCUT2D eigenvalue weighted by molar-refractivity contribution is 1.14. The molecule has 0 radical (unpaired) electrons. The van der Waals surface area contributed by atoms with Crippen molar-refractivity contribution in [2.45, 2.75) is 33.1 Å². The van der Waals surface area contributed by atoms with Gasteiger partial charge >= 0.3 is 0 Å². The summed E-state index contributed by atoms with van der Waals surface area (Å²) in [6, 6.07) is 41.6. The molecule has 0 spiro atoms. The summed E-state index contributed by atoms with van der Waals surface area (Å²) < 4.78 is 0. The van der Waals surface area contributed by atoms with E-state index in [1.54, 1.807) is 0 Å². The summed E-state index contributed by atoms with van der Waals surface area (Å²) in [6.07, 6.45) is 3.10. The van der Waals surface area contributed by atoms with Crippen LogP contribution < -0.4 is 0 Å². The molecule has 8 rings (SSSR count). The highest BCUT2D eigenvalue weighted by atomic mass is 14.3. The van der Waals surface area contributed by atoms with Crippen molar-refractivity contribution in [3.8, 4) is 55.6 Å². The van der Waals surface area contributed by atoms with E-state index in [2.05, 4.69) is 123 Å². The molecule has 0 bridgehead atoms. The first-order valence-corrected chi connectivity index (χ1v) is 14.3. The zero-order chi connectivity index (χ0) is 26.1. The van der Waals surface area contributed by atoms with E-state index in [4.69, 9.17) is 0 Å². The molecule has 0 saturated heterocycles. The molecule has 0 aliphatic heterocycles. The van der Waals surface area contributed by atoms with Crippen LogP contribution in [-0.2, 0) is 19.3 Å². The summed E-state index contributed by atoms with van der Waals surface area (Å²) in [4.78, 5) is 0. The Balaban J connectivity index is 1.38. The average Bonchev–Trinajstić information content (AvgIpc) is 3.53. The normalized spacial score (nSPS) is 12.5. The van der Waals surface area contributed by atoms with Gasteiger partial charge in [0.15, 0.2) is 0 Å². The van der Waals surface area contributed by atoms with Crippen LogP contribution in [0.15, 0.2) is 109 Å². The summed E-state index contributed by atoms with van der Waals surface area (Å²) in [5.41, 5.74) is 19.3. The van der Waals surface area contributed by atoms with Crippen LogP contribution in [0, 0.1) is 0 Å². The first-order chi connectivity index (χ1) is 19.2. The van der Waals surface area contributed by atoms with Crippen LogP contribution >= 0.6 is 0 Å². The predicted octanol–water partition coefficient (Wildman–Crippen LogP) is 10.5. The Morgan fingerprint density at radius 1 is 0.487 bits per heavy atom. The van der Waals surface area contributed by atoms with Gasteiger partial charge in [-0.25, -0.2) is 0 Å². The quantitative estimate of drug-likeness (QED) is 0.226. The number of rotatable bonds is 4. The van der Waals surface area contributed by atoms with Crippen molar-refractivity contribution in [3.63, 3.8) is 0 Å². The molecule has 186 valence electrons. The van der Waals surface area contributed by atoms with Gasteiger partial charge in [-0.15, -0.1) is 0 Å². The molecule has 6 aromatic carbocycles. The number of hydrogen-bond donors (Lipinski definition) is 0. The Morgan fingerprint density at radius 3 is 1.67 bits per heavy atom. The summed E-state index contributed by atoms with van der Waals surface area (Å²) in [5, 5.41) is 2.73. The van der Waals surface area contributed by atoms with Gasteiger partial charge in [0.1, 0.15) is 0 Å². The minimum atomic E-state index is 0.968. The van der Waals surface area contributed by atoms with Crippen molar-refractivity contribution >= 4 is 10.8 Å². The van der Waals surface area contributed by atoms with Gasteiger partial charge in [0.2, 0.25) is 0 Å². The topological polar surface area (TPSA) is 0 Å². The molecule has 0 atom stereocenters. The fourth-order valence-electron chi connectivity index (χ4n) is 6.94.